The lowest BCUT2D eigenvalue weighted by molar-refractivity contribution is -0.154. The Morgan fingerprint density at radius 2 is 1.87 bits per heavy atom. The van der Waals surface area contributed by atoms with E-state index >= 15 is 0 Å². The number of likely N-dealkylation sites (tertiary alicyclic amines) is 1. The lowest BCUT2D eigenvalue weighted by Gasteiger charge is -2.31. The smallest absolute Gasteiger partial charge is 0.329 e. The maximum atomic E-state index is 12.3. The molecule has 1 amide bonds. The molecule has 1 aliphatic heterocycles. The molecule has 1 atom stereocenters. The molecule has 1 aliphatic carbocycles. The average molecular weight is 346 g/mol. The van der Waals surface area contributed by atoms with E-state index in [0.29, 0.717) is 18.8 Å². The van der Waals surface area contributed by atoms with Gasteiger partial charge in [-0.05, 0) is 51.4 Å². The van der Waals surface area contributed by atoms with Crippen LogP contribution in [-0.2, 0) is 19.6 Å². The average Bonchev–Trinajstić information content (AvgIpc) is 2.84. The van der Waals surface area contributed by atoms with Crippen molar-refractivity contribution in [3.63, 3.8) is 0 Å². The molecule has 2 aliphatic rings. The Labute approximate surface area is 137 Å². The van der Waals surface area contributed by atoms with Crippen LogP contribution in [-0.4, -0.2) is 54.2 Å². The molecule has 8 heteroatoms. The summed E-state index contributed by atoms with van der Waals surface area (Å²) in [7, 11) is -3.75. The molecule has 0 aromatic heterocycles. The van der Waals surface area contributed by atoms with E-state index < -0.39 is 33.2 Å². The molecule has 0 bridgehead atoms. The van der Waals surface area contributed by atoms with Crippen LogP contribution in [0.25, 0.3) is 0 Å². The van der Waals surface area contributed by atoms with Crippen LogP contribution in [0, 0.1) is 5.92 Å². The van der Waals surface area contributed by atoms with Crippen molar-refractivity contribution in [3.8, 4) is 0 Å². The van der Waals surface area contributed by atoms with Crippen molar-refractivity contribution in [2.75, 3.05) is 12.3 Å². The van der Waals surface area contributed by atoms with Gasteiger partial charge in [0.2, 0.25) is 15.9 Å². The van der Waals surface area contributed by atoms with E-state index in [2.05, 4.69) is 11.6 Å². The third-order valence-corrected chi connectivity index (χ3v) is 6.40. The summed E-state index contributed by atoms with van der Waals surface area (Å²) >= 11 is 0. The Hall–Kier alpha value is -1.15. The summed E-state index contributed by atoms with van der Waals surface area (Å²) in [6, 6.07) is -0.117. The largest absolute Gasteiger partial charge is 0.480 e. The molecule has 2 fully saturated rings. The van der Waals surface area contributed by atoms with Crippen LogP contribution >= 0.6 is 0 Å². The number of carbonyl (C=O) groups is 2. The van der Waals surface area contributed by atoms with Crippen LogP contribution in [0.1, 0.15) is 52.4 Å². The van der Waals surface area contributed by atoms with Gasteiger partial charge in [0.05, 0.1) is 0 Å². The summed E-state index contributed by atoms with van der Waals surface area (Å²) in [5.74, 6) is -1.79. The second-order valence-electron chi connectivity index (χ2n) is 7.06. The van der Waals surface area contributed by atoms with E-state index in [9.17, 15) is 23.1 Å². The van der Waals surface area contributed by atoms with Gasteiger partial charge in [-0.2, -0.15) is 0 Å². The zero-order valence-corrected chi connectivity index (χ0v) is 14.6. The number of hydrogen-bond acceptors (Lipinski definition) is 4. The van der Waals surface area contributed by atoms with Crippen molar-refractivity contribution in [1.29, 1.82) is 0 Å². The van der Waals surface area contributed by atoms with Crippen LogP contribution in [0.3, 0.4) is 0 Å². The first kappa shape index (κ1) is 18.2. The summed E-state index contributed by atoms with van der Waals surface area (Å²) in [6.07, 6.45) is 4.44. The molecule has 2 N–H and O–H groups in total. The number of carbonyl (C=O) groups excluding carboxylic acids is 1. The molecule has 23 heavy (non-hydrogen) atoms. The van der Waals surface area contributed by atoms with Crippen molar-refractivity contribution < 1.29 is 23.1 Å². The van der Waals surface area contributed by atoms with E-state index in [-0.39, 0.29) is 12.6 Å². The minimum absolute atomic E-state index is 0.117. The molecule has 1 heterocycles. The minimum atomic E-state index is -3.75. The molecule has 0 aromatic rings. The van der Waals surface area contributed by atoms with Crippen LogP contribution in [0.5, 0.6) is 0 Å². The molecular weight excluding hydrogens is 320 g/mol. The fourth-order valence-electron chi connectivity index (χ4n) is 3.50. The van der Waals surface area contributed by atoms with Crippen molar-refractivity contribution in [2.45, 2.75) is 64.0 Å². The normalized spacial score (nSPS) is 32.0. The van der Waals surface area contributed by atoms with Gasteiger partial charge < -0.3 is 10.0 Å². The van der Waals surface area contributed by atoms with Gasteiger partial charge >= 0.3 is 5.97 Å². The molecule has 132 valence electrons. The van der Waals surface area contributed by atoms with Gasteiger partial charge in [0.25, 0.3) is 0 Å². The Kier molecular flexibility index (Phi) is 5.35. The SMILES string of the molecule is CC1CCC(NS(=O)(=O)CC(=O)N2CCCC2(C)C(=O)O)CC1. The fourth-order valence-corrected chi connectivity index (χ4v) is 4.81. The maximum Gasteiger partial charge on any atom is 0.329 e. The topological polar surface area (TPSA) is 104 Å². The predicted molar refractivity (Wildman–Crippen MR) is 85.3 cm³/mol. The summed E-state index contributed by atoms with van der Waals surface area (Å²) in [5, 5.41) is 9.32. The monoisotopic (exact) mass is 346 g/mol. The highest BCUT2D eigenvalue weighted by Gasteiger charge is 2.46. The number of nitrogens with one attached hydrogen (secondary N) is 1. The minimum Gasteiger partial charge on any atom is -0.480 e. The molecule has 7 nitrogen and oxygen atoms in total. The van der Waals surface area contributed by atoms with E-state index in [1.165, 1.54) is 11.8 Å². The van der Waals surface area contributed by atoms with Crippen LogP contribution in [0.2, 0.25) is 0 Å². The van der Waals surface area contributed by atoms with Gasteiger partial charge in [-0.1, -0.05) is 6.92 Å². The van der Waals surface area contributed by atoms with Crippen molar-refractivity contribution in [1.82, 2.24) is 9.62 Å². The van der Waals surface area contributed by atoms with Gasteiger partial charge in [-0.15, -0.1) is 0 Å². The highest BCUT2D eigenvalue weighted by molar-refractivity contribution is 7.90. The van der Waals surface area contributed by atoms with Crippen LogP contribution in [0.4, 0.5) is 0 Å². The number of hydrogen-bond donors (Lipinski definition) is 2. The molecule has 0 aromatic carbocycles. The summed E-state index contributed by atoms with van der Waals surface area (Å²) in [6.45, 7) is 3.91. The lowest BCUT2D eigenvalue weighted by Crippen LogP contribution is -2.53. The van der Waals surface area contributed by atoms with Crippen molar-refractivity contribution >= 4 is 21.9 Å². The third-order valence-electron chi connectivity index (χ3n) is 5.08. The van der Waals surface area contributed by atoms with E-state index in [4.69, 9.17) is 0 Å². The number of nitrogens with zero attached hydrogens (tertiary/aromatic N) is 1. The first-order chi connectivity index (χ1) is 10.6. The first-order valence-electron chi connectivity index (χ1n) is 8.18. The molecule has 0 spiro atoms. The highest BCUT2D eigenvalue weighted by atomic mass is 32.2. The highest BCUT2D eigenvalue weighted by Crippen LogP contribution is 2.29. The van der Waals surface area contributed by atoms with Crippen molar-refractivity contribution in [3.05, 3.63) is 0 Å². The first-order valence-corrected chi connectivity index (χ1v) is 9.83. The molecule has 1 saturated carbocycles. The number of carboxylic acids is 1. The molecule has 1 unspecified atom stereocenters. The van der Waals surface area contributed by atoms with Gasteiger partial charge in [-0.3, -0.25) is 4.79 Å². The Morgan fingerprint density at radius 3 is 2.43 bits per heavy atom. The van der Waals surface area contributed by atoms with Crippen LogP contribution < -0.4 is 4.72 Å². The molecule has 1 saturated heterocycles. The Bertz CT molecular complexity index is 568. The number of sulfonamides is 1. The standard InChI is InChI=1S/C15H26N2O5S/c1-11-4-6-12(7-5-11)16-23(21,22)10-13(18)17-9-3-8-15(17,2)14(19)20/h11-12,16H,3-10H2,1-2H3,(H,19,20). The number of rotatable bonds is 5. The summed E-state index contributed by atoms with van der Waals surface area (Å²) < 4.78 is 27.0. The maximum absolute atomic E-state index is 12.3. The number of amides is 1. The van der Waals surface area contributed by atoms with Gasteiger partial charge in [0.15, 0.2) is 0 Å². The van der Waals surface area contributed by atoms with E-state index in [1.807, 2.05) is 0 Å². The fraction of sp³-hybridized carbons (Fsp3) is 0.867. The summed E-state index contributed by atoms with van der Waals surface area (Å²) in [4.78, 5) is 24.9. The number of carboxylic acid groups (broad SMARTS) is 1. The second kappa shape index (κ2) is 6.76. The lowest BCUT2D eigenvalue weighted by atomic mass is 9.88. The zero-order chi connectivity index (χ0) is 17.3. The van der Waals surface area contributed by atoms with Crippen molar-refractivity contribution in [2.24, 2.45) is 5.92 Å². The summed E-state index contributed by atoms with van der Waals surface area (Å²) in [5.41, 5.74) is -1.30. The third kappa shape index (κ3) is 4.23. The van der Waals surface area contributed by atoms with E-state index in [0.717, 1.165) is 25.7 Å². The van der Waals surface area contributed by atoms with Crippen LogP contribution in [0.15, 0.2) is 0 Å². The number of aliphatic carboxylic acids is 1. The predicted octanol–water partition coefficient (Wildman–Crippen LogP) is 0.950. The quantitative estimate of drug-likeness (QED) is 0.771. The zero-order valence-electron chi connectivity index (χ0n) is 13.7. The second-order valence-corrected chi connectivity index (χ2v) is 8.82. The van der Waals surface area contributed by atoms with E-state index in [1.54, 1.807) is 0 Å². The van der Waals surface area contributed by atoms with Gasteiger partial charge in [-0.25, -0.2) is 17.9 Å². The molecule has 0 radical (unpaired) electrons. The van der Waals surface area contributed by atoms with Gasteiger partial charge in [0.1, 0.15) is 11.3 Å². The molecular formula is C15H26N2O5S. The Morgan fingerprint density at radius 1 is 1.26 bits per heavy atom. The Balaban J connectivity index is 1.97. The molecule has 2 rings (SSSR count). The van der Waals surface area contributed by atoms with Gasteiger partial charge in [0, 0.05) is 12.6 Å².